The monoisotopic (exact) mass is 163 g/mol. The highest BCUT2D eigenvalue weighted by molar-refractivity contribution is 4.87. The number of hydrogen-bond donors (Lipinski definition) is 4. The molecule has 11 heavy (non-hydrogen) atoms. The van der Waals surface area contributed by atoms with Crippen molar-refractivity contribution in [1.29, 1.82) is 0 Å². The van der Waals surface area contributed by atoms with Gasteiger partial charge in [-0.05, 0) is 12.8 Å². The fourth-order valence-corrected chi connectivity index (χ4v) is 1.30. The molecular weight excluding hydrogens is 150 g/mol. The molecule has 0 saturated carbocycles. The molecule has 0 aromatic rings. The summed E-state index contributed by atoms with van der Waals surface area (Å²) in [4.78, 5) is 0. The second-order valence-corrected chi connectivity index (χ2v) is 2.80. The summed E-state index contributed by atoms with van der Waals surface area (Å²) < 4.78 is 0. The molecule has 5 nitrogen and oxygen atoms in total. The van der Waals surface area contributed by atoms with E-state index >= 15 is 0 Å². The first-order chi connectivity index (χ1) is 5.11. The standard InChI is InChI=1S/C6H13NO4/c8-4-5(9)6(10)2-1-3-7(6)11/h5,8-11H,1-4H2. The highest BCUT2D eigenvalue weighted by atomic mass is 16.6. The summed E-state index contributed by atoms with van der Waals surface area (Å²) in [5.74, 6) is 0. The molecule has 1 heterocycles. The Kier molecular flexibility index (Phi) is 2.46. The summed E-state index contributed by atoms with van der Waals surface area (Å²) in [6.45, 7) is -0.221. The third-order valence-corrected chi connectivity index (χ3v) is 2.07. The summed E-state index contributed by atoms with van der Waals surface area (Å²) in [5, 5.41) is 36.8. The van der Waals surface area contributed by atoms with Crippen molar-refractivity contribution < 1.29 is 20.5 Å². The van der Waals surface area contributed by atoms with Crippen molar-refractivity contribution >= 4 is 0 Å². The van der Waals surface area contributed by atoms with Crippen LogP contribution in [-0.4, -0.2) is 50.6 Å². The molecular formula is C6H13NO4. The van der Waals surface area contributed by atoms with Crippen molar-refractivity contribution in [3.63, 3.8) is 0 Å². The maximum absolute atomic E-state index is 9.49. The van der Waals surface area contributed by atoms with E-state index in [0.29, 0.717) is 18.0 Å². The van der Waals surface area contributed by atoms with Gasteiger partial charge in [0.15, 0.2) is 5.72 Å². The van der Waals surface area contributed by atoms with Crippen LogP contribution in [0.4, 0.5) is 0 Å². The first kappa shape index (κ1) is 8.89. The highest BCUT2D eigenvalue weighted by Gasteiger charge is 2.44. The summed E-state index contributed by atoms with van der Waals surface area (Å²) in [6, 6.07) is 0. The van der Waals surface area contributed by atoms with Crippen LogP contribution in [0.3, 0.4) is 0 Å². The summed E-state index contributed by atoms with van der Waals surface area (Å²) in [6.07, 6.45) is -0.398. The zero-order valence-electron chi connectivity index (χ0n) is 6.14. The fourth-order valence-electron chi connectivity index (χ4n) is 1.30. The van der Waals surface area contributed by atoms with Gasteiger partial charge in [-0.2, -0.15) is 5.06 Å². The molecule has 0 spiro atoms. The van der Waals surface area contributed by atoms with Crippen molar-refractivity contribution in [3.8, 4) is 0 Å². The quantitative estimate of drug-likeness (QED) is 0.399. The molecule has 0 aromatic carbocycles. The van der Waals surface area contributed by atoms with Gasteiger partial charge in [-0.1, -0.05) is 0 Å². The minimum Gasteiger partial charge on any atom is -0.394 e. The van der Waals surface area contributed by atoms with Crippen LogP contribution in [0.5, 0.6) is 0 Å². The van der Waals surface area contributed by atoms with Crippen molar-refractivity contribution in [3.05, 3.63) is 0 Å². The van der Waals surface area contributed by atoms with Gasteiger partial charge in [0.25, 0.3) is 0 Å². The van der Waals surface area contributed by atoms with Crippen LogP contribution in [0.1, 0.15) is 12.8 Å². The Hall–Kier alpha value is -0.200. The van der Waals surface area contributed by atoms with Crippen LogP contribution in [-0.2, 0) is 0 Å². The molecule has 66 valence electrons. The second kappa shape index (κ2) is 3.04. The lowest BCUT2D eigenvalue weighted by molar-refractivity contribution is -0.279. The van der Waals surface area contributed by atoms with Gasteiger partial charge >= 0.3 is 0 Å². The topological polar surface area (TPSA) is 84.2 Å². The third-order valence-electron chi connectivity index (χ3n) is 2.07. The van der Waals surface area contributed by atoms with E-state index in [9.17, 15) is 5.11 Å². The van der Waals surface area contributed by atoms with Crippen molar-refractivity contribution in [2.24, 2.45) is 0 Å². The maximum atomic E-state index is 9.49. The fraction of sp³-hybridized carbons (Fsp3) is 1.00. The van der Waals surface area contributed by atoms with Gasteiger partial charge in [-0.25, -0.2) is 0 Å². The number of hydrogen-bond acceptors (Lipinski definition) is 5. The lowest BCUT2D eigenvalue weighted by Crippen LogP contribution is -2.52. The van der Waals surface area contributed by atoms with Gasteiger partial charge < -0.3 is 20.5 Å². The van der Waals surface area contributed by atoms with E-state index in [2.05, 4.69) is 0 Å². The minimum absolute atomic E-state index is 0.283. The van der Waals surface area contributed by atoms with E-state index < -0.39 is 18.4 Å². The van der Waals surface area contributed by atoms with Crippen LogP contribution in [0, 0.1) is 0 Å². The zero-order chi connectivity index (χ0) is 8.48. The summed E-state index contributed by atoms with van der Waals surface area (Å²) in [5.41, 5.74) is -1.64. The van der Waals surface area contributed by atoms with Crippen molar-refractivity contribution in [1.82, 2.24) is 5.06 Å². The SMILES string of the molecule is OCC(O)C1(O)CCCN1O. The number of rotatable bonds is 2. The van der Waals surface area contributed by atoms with E-state index in [1.165, 1.54) is 0 Å². The smallest absolute Gasteiger partial charge is 0.168 e. The van der Waals surface area contributed by atoms with E-state index in [-0.39, 0.29) is 6.42 Å². The van der Waals surface area contributed by atoms with E-state index in [4.69, 9.17) is 15.4 Å². The largest absolute Gasteiger partial charge is 0.394 e. The van der Waals surface area contributed by atoms with E-state index in [0.717, 1.165) is 0 Å². The Bertz CT molecular complexity index is 143. The summed E-state index contributed by atoms with van der Waals surface area (Å²) >= 11 is 0. The predicted octanol–water partition coefficient (Wildman–Crippen LogP) is -1.49. The lowest BCUT2D eigenvalue weighted by Gasteiger charge is -2.32. The molecule has 0 radical (unpaired) electrons. The molecule has 0 bridgehead atoms. The molecule has 4 N–H and O–H groups in total. The van der Waals surface area contributed by atoms with E-state index in [1.807, 2.05) is 0 Å². The molecule has 2 atom stereocenters. The first-order valence-corrected chi connectivity index (χ1v) is 3.59. The van der Waals surface area contributed by atoms with Gasteiger partial charge in [-0.15, -0.1) is 0 Å². The Morgan fingerprint density at radius 3 is 2.55 bits per heavy atom. The first-order valence-electron chi connectivity index (χ1n) is 3.59. The van der Waals surface area contributed by atoms with Gasteiger partial charge in [-0.3, -0.25) is 0 Å². The number of hydroxylamine groups is 2. The third kappa shape index (κ3) is 1.38. The average Bonchev–Trinajstić information content (AvgIpc) is 2.32. The van der Waals surface area contributed by atoms with Crippen molar-refractivity contribution in [2.45, 2.75) is 24.7 Å². The molecule has 1 fully saturated rings. The molecule has 0 amide bonds. The Labute approximate surface area is 64.4 Å². The maximum Gasteiger partial charge on any atom is 0.168 e. The van der Waals surface area contributed by atoms with Crippen LogP contribution in [0.2, 0.25) is 0 Å². The molecule has 1 saturated heterocycles. The Morgan fingerprint density at radius 1 is 1.55 bits per heavy atom. The molecule has 1 rings (SSSR count). The highest BCUT2D eigenvalue weighted by Crippen LogP contribution is 2.27. The molecule has 0 aliphatic carbocycles. The number of aliphatic hydroxyl groups excluding tert-OH is 2. The van der Waals surface area contributed by atoms with Crippen LogP contribution in [0.15, 0.2) is 0 Å². The number of nitrogens with zero attached hydrogens (tertiary/aromatic N) is 1. The molecule has 2 unspecified atom stereocenters. The Morgan fingerprint density at radius 2 is 2.18 bits per heavy atom. The van der Waals surface area contributed by atoms with Gasteiger partial charge in [0.05, 0.1) is 6.61 Å². The summed E-state index contributed by atoms with van der Waals surface area (Å²) in [7, 11) is 0. The van der Waals surface area contributed by atoms with Crippen molar-refractivity contribution in [2.75, 3.05) is 13.2 Å². The lowest BCUT2D eigenvalue weighted by atomic mass is 10.1. The van der Waals surface area contributed by atoms with E-state index in [1.54, 1.807) is 0 Å². The normalized spacial score (nSPS) is 36.0. The molecule has 0 aromatic heterocycles. The molecule has 5 heteroatoms. The van der Waals surface area contributed by atoms with Crippen LogP contribution >= 0.6 is 0 Å². The predicted molar refractivity (Wildman–Crippen MR) is 35.8 cm³/mol. The molecule has 1 aliphatic rings. The Balaban J connectivity index is 2.64. The van der Waals surface area contributed by atoms with Gasteiger partial charge in [0, 0.05) is 6.54 Å². The van der Waals surface area contributed by atoms with Gasteiger partial charge in [0.1, 0.15) is 6.10 Å². The zero-order valence-corrected chi connectivity index (χ0v) is 6.14. The minimum atomic E-state index is -1.64. The van der Waals surface area contributed by atoms with Crippen LogP contribution < -0.4 is 0 Å². The molecule has 1 aliphatic heterocycles. The van der Waals surface area contributed by atoms with Crippen LogP contribution in [0.25, 0.3) is 0 Å². The number of aliphatic hydroxyl groups is 3. The second-order valence-electron chi connectivity index (χ2n) is 2.80. The average molecular weight is 163 g/mol. The van der Waals surface area contributed by atoms with Gasteiger partial charge in [0.2, 0.25) is 0 Å².